The molecule has 4 rings (SSSR count). The van der Waals surface area contributed by atoms with Crippen LogP contribution < -0.4 is 5.32 Å². The molecule has 1 fully saturated rings. The molecule has 0 aliphatic heterocycles. The van der Waals surface area contributed by atoms with Crippen LogP contribution in [0.1, 0.15) is 41.9 Å². The maximum atomic E-state index is 6.07. The van der Waals surface area contributed by atoms with Crippen molar-refractivity contribution in [2.75, 3.05) is 5.32 Å². The van der Waals surface area contributed by atoms with E-state index in [4.69, 9.17) is 11.6 Å². The fourth-order valence-corrected chi connectivity index (χ4v) is 3.86. The van der Waals surface area contributed by atoms with Crippen LogP contribution in [-0.4, -0.2) is 6.04 Å². The summed E-state index contributed by atoms with van der Waals surface area (Å²) in [6.07, 6.45) is 6.24. The Kier molecular flexibility index (Phi) is 3.39. The van der Waals surface area contributed by atoms with Crippen molar-refractivity contribution in [3.8, 4) is 0 Å². The van der Waals surface area contributed by atoms with Crippen molar-refractivity contribution >= 4 is 17.3 Å². The van der Waals surface area contributed by atoms with Crippen LogP contribution in [0.4, 0.5) is 5.69 Å². The second kappa shape index (κ2) is 5.38. The van der Waals surface area contributed by atoms with E-state index < -0.39 is 0 Å². The molecule has 0 unspecified atom stereocenters. The van der Waals surface area contributed by atoms with Crippen LogP contribution in [-0.2, 0) is 12.8 Å². The maximum absolute atomic E-state index is 6.07. The summed E-state index contributed by atoms with van der Waals surface area (Å²) < 4.78 is 0. The third-order valence-corrected chi connectivity index (χ3v) is 5.16. The molecule has 0 heterocycles. The Labute approximate surface area is 131 Å². The Balaban J connectivity index is 1.38. The zero-order chi connectivity index (χ0) is 14.2. The minimum absolute atomic E-state index is 0.605. The molecule has 1 N–H and O–H groups in total. The average Bonchev–Trinajstić information content (AvgIpc) is 2.89. The van der Waals surface area contributed by atoms with Crippen LogP contribution in [0.3, 0.4) is 0 Å². The van der Waals surface area contributed by atoms with Gasteiger partial charge in [-0.1, -0.05) is 29.8 Å². The number of fused-ring (bicyclic) bond motifs is 1. The molecule has 0 bridgehead atoms. The average molecular weight is 298 g/mol. The SMILES string of the molecule is Clc1cccc(C2CC(Nc3ccc4c(c3)CCC4)C2)c1. The summed E-state index contributed by atoms with van der Waals surface area (Å²) in [7, 11) is 0. The Morgan fingerprint density at radius 2 is 1.81 bits per heavy atom. The molecule has 2 aliphatic rings. The van der Waals surface area contributed by atoms with Gasteiger partial charge in [0.1, 0.15) is 0 Å². The van der Waals surface area contributed by atoms with Gasteiger partial charge in [0.05, 0.1) is 0 Å². The molecule has 0 amide bonds. The van der Waals surface area contributed by atoms with E-state index in [1.807, 2.05) is 6.07 Å². The van der Waals surface area contributed by atoms with E-state index in [0.29, 0.717) is 12.0 Å². The van der Waals surface area contributed by atoms with Crippen LogP contribution >= 0.6 is 11.6 Å². The Bertz CT molecular complexity index is 658. The minimum atomic E-state index is 0.605. The Morgan fingerprint density at radius 1 is 0.952 bits per heavy atom. The van der Waals surface area contributed by atoms with E-state index in [1.165, 1.54) is 43.4 Å². The normalized spacial score (nSPS) is 23.5. The molecular weight excluding hydrogens is 278 g/mol. The number of halogens is 1. The van der Waals surface area contributed by atoms with Gasteiger partial charge in [-0.05, 0) is 79.0 Å². The molecule has 108 valence electrons. The third kappa shape index (κ3) is 2.67. The smallest absolute Gasteiger partial charge is 0.0408 e. The zero-order valence-electron chi connectivity index (χ0n) is 12.1. The van der Waals surface area contributed by atoms with Gasteiger partial charge in [0.15, 0.2) is 0 Å². The Hall–Kier alpha value is -1.47. The van der Waals surface area contributed by atoms with Crippen molar-refractivity contribution in [1.82, 2.24) is 0 Å². The molecule has 0 aromatic heterocycles. The summed E-state index contributed by atoms with van der Waals surface area (Å²) in [4.78, 5) is 0. The fraction of sp³-hybridized carbons (Fsp3) is 0.368. The number of aryl methyl sites for hydroxylation is 2. The van der Waals surface area contributed by atoms with Gasteiger partial charge >= 0.3 is 0 Å². The van der Waals surface area contributed by atoms with E-state index in [0.717, 1.165) is 5.02 Å². The topological polar surface area (TPSA) is 12.0 Å². The largest absolute Gasteiger partial charge is 0.382 e. The summed E-state index contributed by atoms with van der Waals surface area (Å²) in [6, 6.07) is 15.8. The molecule has 2 aromatic rings. The van der Waals surface area contributed by atoms with Crippen LogP contribution in [0.2, 0.25) is 5.02 Å². The lowest BCUT2D eigenvalue weighted by atomic mass is 9.76. The molecule has 1 nitrogen and oxygen atoms in total. The number of hydrogen-bond donors (Lipinski definition) is 1. The lowest BCUT2D eigenvalue weighted by molar-refractivity contribution is 0.374. The van der Waals surface area contributed by atoms with E-state index in [9.17, 15) is 0 Å². The van der Waals surface area contributed by atoms with Gasteiger partial charge in [0, 0.05) is 16.8 Å². The highest BCUT2D eigenvalue weighted by Gasteiger charge is 2.30. The van der Waals surface area contributed by atoms with Gasteiger partial charge in [-0.15, -0.1) is 0 Å². The first-order chi connectivity index (χ1) is 10.3. The molecule has 0 radical (unpaired) electrons. The summed E-state index contributed by atoms with van der Waals surface area (Å²) >= 11 is 6.07. The van der Waals surface area contributed by atoms with E-state index >= 15 is 0 Å². The van der Waals surface area contributed by atoms with Crippen LogP contribution in [0.25, 0.3) is 0 Å². The van der Waals surface area contributed by atoms with Crippen molar-refractivity contribution in [1.29, 1.82) is 0 Å². The van der Waals surface area contributed by atoms with Crippen molar-refractivity contribution in [3.63, 3.8) is 0 Å². The monoisotopic (exact) mass is 297 g/mol. The molecule has 21 heavy (non-hydrogen) atoms. The summed E-state index contributed by atoms with van der Waals surface area (Å²) in [6.45, 7) is 0. The van der Waals surface area contributed by atoms with Crippen LogP contribution in [0.15, 0.2) is 42.5 Å². The van der Waals surface area contributed by atoms with E-state index in [2.05, 4.69) is 41.7 Å². The van der Waals surface area contributed by atoms with Gasteiger partial charge in [0.25, 0.3) is 0 Å². The van der Waals surface area contributed by atoms with Gasteiger partial charge < -0.3 is 5.32 Å². The van der Waals surface area contributed by atoms with E-state index in [1.54, 1.807) is 11.1 Å². The van der Waals surface area contributed by atoms with Crippen molar-refractivity contribution in [2.45, 2.75) is 44.1 Å². The standard InChI is InChI=1S/C19H20ClN/c20-17-6-2-5-14(9-17)16-11-19(12-16)21-18-8-7-13-3-1-4-15(13)10-18/h2,5-10,16,19,21H,1,3-4,11-12H2. The van der Waals surface area contributed by atoms with Crippen molar-refractivity contribution in [3.05, 3.63) is 64.2 Å². The van der Waals surface area contributed by atoms with Gasteiger partial charge in [-0.3, -0.25) is 0 Å². The summed E-state index contributed by atoms with van der Waals surface area (Å²) in [5.74, 6) is 0.663. The maximum Gasteiger partial charge on any atom is 0.0408 e. The highest BCUT2D eigenvalue weighted by Crippen LogP contribution is 2.39. The molecule has 2 aliphatic carbocycles. The number of benzene rings is 2. The highest BCUT2D eigenvalue weighted by molar-refractivity contribution is 6.30. The Morgan fingerprint density at radius 3 is 2.67 bits per heavy atom. The van der Waals surface area contributed by atoms with Crippen LogP contribution in [0.5, 0.6) is 0 Å². The predicted molar refractivity (Wildman–Crippen MR) is 89.3 cm³/mol. The highest BCUT2D eigenvalue weighted by atomic mass is 35.5. The summed E-state index contributed by atoms with van der Waals surface area (Å²) in [5, 5.41) is 4.54. The summed E-state index contributed by atoms with van der Waals surface area (Å²) in [5.41, 5.74) is 5.77. The second-order valence-electron chi connectivity index (χ2n) is 6.40. The molecule has 0 atom stereocenters. The van der Waals surface area contributed by atoms with Gasteiger partial charge in [-0.25, -0.2) is 0 Å². The molecule has 1 saturated carbocycles. The van der Waals surface area contributed by atoms with E-state index in [-0.39, 0.29) is 0 Å². The number of nitrogens with one attached hydrogen (secondary N) is 1. The second-order valence-corrected chi connectivity index (χ2v) is 6.84. The van der Waals surface area contributed by atoms with Gasteiger partial charge in [-0.2, -0.15) is 0 Å². The quantitative estimate of drug-likeness (QED) is 0.822. The third-order valence-electron chi connectivity index (χ3n) is 4.93. The molecule has 0 saturated heterocycles. The molecule has 2 aromatic carbocycles. The minimum Gasteiger partial charge on any atom is -0.382 e. The number of anilines is 1. The first kappa shape index (κ1) is 13.2. The van der Waals surface area contributed by atoms with Crippen molar-refractivity contribution in [2.24, 2.45) is 0 Å². The fourth-order valence-electron chi connectivity index (χ4n) is 3.67. The predicted octanol–water partition coefficient (Wildman–Crippen LogP) is 5.19. The van der Waals surface area contributed by atoms with Crippen molar-refractivity contribution < 1.29 is 0 Å². The first-order valence-corrected chi connectivity index (χ1v) is 8.29. The zero-order valence-corrected chi connectivity index (χ0v) is 12.9. The molecular formula is C19H20ClN. The lowest BCUT2D eigenvalue weighted by Crippen LogP contribution is -2.34. The number of rotatable bonds is 3. The lowest BCUT2D eigenvalue weighted by Gasteiger charge is -2.37. The van der Waals surface area contributed by atoms with Gasteiger partial charge in [0.2, 0.25) is 0 Å². The van der Waals surface area contributed by atoms with Crippen LogP contribution in [0, 0.1) is 0 Å². The molecule has 0 spiro atoms. The number of hydrogen-bond acceptors (Lipinski definition) is 1. The molecule has 2 heteroatoms. The first-order valence-electron chi connectivity index (χ1n) is 7.92.